The van der Waals surface area contributed by atoms with E-state index in [4.69, 9.17) is 13.3 Å². The van der Waals surface area contributed by atoms with Crippen molar-refractivity contribution in [3.8, 4) is 0 Å². The average molecular weight is 576 g/mol. The Kier molecular flexibility index (Phi) is 12.4. The van der Waals surface area contributed by atoms with E-state index in [0.717, 1.165) is 43.7 Å². The Bertz CT molecular complexity index is 445. The third kappa shape index (κ3) is 7.57. The van der Waals surface area contributed by atoms with E-state index in [2.05, 4.69) is 84.2 Å². The Labute approximate surface area is 175 Å². The quantitative estimate of drug-likeness (QED) is 0.177. The van der Waals surface area contributed by atoms with Crippen molar-refractivity contribution >= 4 is 59.2 Å². The lowest BCUT2D eigenvalue weighted by molar-refractivity contribution is 0.0700. The molecule has 0 spiro atoms. The van der Waals surface area contributed by atoms with E-state index >= 15 is 0 Å². The summed E-state index contributed by atoms with van der Waals surface area (Å²) >= 11 is 4.73. The lowest BCUT2D eigenvalue weighted by Gasteiger charge is -2.30. The molecule has 0 N–H and O–H groups in total. The Balaban J connectivity index is 3.06. The summed E-state index contributed by atoms with van der Waals surface area (Å²) in [7, 11) is -2.85. The molecule has 0 amide bonds. The van der Waals surface area contributed by atoms with Crippen LogP contribution in [0.3, 0.4) is 0 Å². The van der Waals surface area contributed by atoms with Crippen molar-refractivity contribution < 1.29 is 13.3 Å². The molecule has 0 aliphatic rings. The van der Waals surface area contributed by atoms with E-state index in [0.29, 0.717) is 19.8 Å². The van der Waals surface area contributed by atoms with Gasteiger partial charge in [-0.25, -0.2) is 0 Å². The second kappa shape index (κ2) is 13.0. The van der Waals surface area contributed by atoms with Crippen molar-refractivity contribution in [1.82, 2.24) is 0 Å². The molecule has 24 heavy (non-hydrogen) atoms. The number of hydrogen-bond acceptors (Lipinski definition) is 3. The van der Waals surface area contributed by atoms with Crippen LogP contribution in [0.2, 0.25) is 0 Å². The molecule has 1 aromatic rings. The summed E-state index contributed by atoms with van der Waals surface area (Å²) in [5.74, 6) is 0. The Morgan fingerprint density at radius 1 is 0.750 bits per heavy atom. The standard InChI is InChI=1S/C18H30I2O3Si/c1-4-7-12-21-24(22-13-8-5-2,23-14-9-6-3)16-10-11-17(19)18(20)15-16/h10-11,15H,4-9,12-14H2,1-3H3. The molecule has 0 bridgehead atoms. The van der Waals surface area contributed by atoms with Crippen molar-refractivity contribution in [2.45, 2.75) is 59.3 Å². The predicted molar refractivity (Wildman–Crippen MR) is 120 cm³/mol. The molecule has 1 rings (SSSR count). The first-order valence-corrected chi connectivity index (χ1v) is 12.8. The van der Waals surface area contributed by atoms with Gasteiger partial charge >= 0.3 is 8.80 Å². The summed E-state index contributed by atoms with van der Waals surface area (Å²) in [6.07, 6.45) is 6.43. The monoisotopic (exact) mass is 576 g/mol. The fraction of sp³-hybridized carbons (Fsp3) is 0.667. The summed E-state index contributed by atoms with van der Waals surface area (Å²) in [6.45, 7) is 8.62. The molecule has 6 heteroatoms. The zero-order valence-electron chi connectivity index (χ0n) is 15.1. The first-order chi connectivity index (χ1) is 11.6. The molecule has 0 aliphatic carbocycles. The number of unbranched alkanes of at least 4 members (excludes halogenated alkanes) is 3. The number of benzene rings is 1. The van der Waals surface area contributed by atoms with Crippen LogP contribution in [-0.4, -0.2) is 28.6 Å². The summed E-state index contributed by atoms with van der Waals surface area (Å²) in [5, 5.41) is 1.09. The SMILES string of the molecule is CCCCO[Si](OCCCC)(OCCCC)c1ccc(I)c(I)c1. The average Bonchev–Trinajstić information content (AvgIpc) is 2.57. The lowest BCUT2D eigenvalue weighted by Crippen LogP contribution is -2.57. The van der Waals surface area contributed by atoms with Gasteiger partial charge in [0, 0.05) is 32.1 Å². The first kappa shape index (κ1) is 22.8. The van der Waals surface area contributed by atoms with Crippen molar-refractivity contribution in [3.63, 3.8) is 0 Å². The van der Waals surface area contributed by atoms with Gasteiger partial charge in [-0.3, -0.25) is 0 Å². The van der Waals surface area contributed by atoms with Gasteiger partial charge in [0.15, 0.2) is 0 Å². The van der Waals surface area contributed by atoms with E-state index < -0.39 is 8.80 Å². The van der Waals surface area contributed by atoms with Crippen LogP contribution in [0.25, 0.3) is 0 Å². The zero-order valence-corrected chi connectivity index (χ0v) is 20.4. The van der Waals surface area contributed by atoms with E-state index in [1.807, 2.05) is 0 Å². The fourth-order valence-electron chi connectivity index (χ4n) is 2.11. The normalized spacial score (nSPS) is 11.9. The van der Waals surface area contributed by atoms with Gasteiger partial charge in [0.25, 0.3) is 0 Å². The molecule has 138 valence electrons. The number of hydrogen-bond donors (Lipinski definition) is 0. The summed E-state index contributed by atoms with van der Waals surface area (Å²) in [5.41, 5.74) is 0. The summed E-state index contributed by atoms with van der Waals surface area (Å²) < 4.78 is 21.5. The third-order valence-corrected chi connectivity index (χ3v) is 9.28. The molecule has 0 atom stereocenters. The molecule has 0 saturated carbocycles. The topological polar surface area (TPSA) is 27.7 Å². The van der Waals surface area contributed by atoms with Crippen LogP contribution in [0, 0.1) is 7.14 Å². The molecule has 0 aromatic heterocycles. The largest absolute Gasteiger partial charge is 0.537 e. The minimum absolute atomic E-state index is 0.698. The third-order valence-electron chi connectivity index (χ3n) is 3.64. The van der Waals surface area contributed by atoms with Gasteiger partial charge in [-0.1, -0.05) is 46.1 Å². The molecule has 0 aliphatic heterocycles. The van der Waals surface area contributed by atoms with Crippen molar-refractivity contribution in [3.05, 3.63) is 25.3 Å². The highest BCUT2D eigenvalue weighted by atomic mass is 127. The van der Waals surface area contributed by atoms with Gasteiger partial charge in [0.2, 0.25) is 0 Å². The smallest absolute Gasteiger partial charge is 0.370 e. The fourth-order valence-corrected chi connectivity index (χ4v) is 5.86. The van der Waals surface area contributed by atoms with Crippen LogP contribution in [-0.2, 0) is 13.3 Å². The van der Waals surface area contributed by atoms with Crippen molar-refractivity contribution in [2.24, 2.45) is 0 Å². The van der Waals surface area contributed by atoms with Crippen LogP contribution in [0.4, 0.5) is 0 Å². The Morgan fingerprint density at radius 3 is 1.58 bits per heavy atom. The molecule has 0 heterocycles. The van der Waals surface area contributed by atoms with Crippen LogP contribution >= 0.6 is 45.2 Å². The van der Waals surface area contributed by atoms with E-state index in [9.17, 15) is 0 Å². The Hall–Kier alpha value is 0.777. The predicted octanol–water partition coefficient (Wildman–Crippen LogP) is 5.49. The highest BCUT2D eigenvalue weighted by Gasteiger charge is 2.44. The van der Waals surface area contributed by atoms with Gasteiger partial charge in [0.1, 0.15) is 0 Å². The molecule has 0 saturated heterocycles. The second-order valence-corrected chi connectivity index (χ2v) is 10.7. The molecule has 0 fully saturated rings. The second-order valence-electron chi connectivity index (χ2n) is 5.79. The van der Waals surface area contributed by atoms with Gasteiger partial charge in [0.05, 0.1) is 0 Å². The molecule has 0 radical (unpaired) electrons. The maximum Gasteiger partial charge on any atom is 0.537 e. The minimum Gasteiger partial charge on any atom is -0.370 e. The summed E-state index contributed by atoms with van der Waals surface area (Å²) in [4.78, 5) is 0. The highest BCUT2D eigenvalue weighted by molar-refractivity contribution is 14.1. The van der Waals surface area contributed by atoms with Crippen LogP contribution in [0.1, 0.15) is 59.3 Å². The van der Waals surface area contributed by atoms with E-state index in [-0.39, 0.29) is 0 Å². The highest BCUT2D eigenvalue weighted by Crippen LogP contribution is 2.18. The number of rotatable bonds is 13. The van der Waals surface area contributed by atoms with Gasteiger partial charge in [-0.05, 0) is 76.6 Å². The van der Waals surface area contributed by atoms with Crippen LogP contribution in [0.15, 0.2) is 18.2 Å². The molecular formula is C18H30I2O3Si. The molecule has 1 aromatic carbocycles. The van der Waals surface area contributed by atoms with Gasteiger partial charge < -0.3 is 13.3 Å². The van der Waals surface area contributed by atoms with Crippen LogP contribution < -0.4 is 5.19 Å². The van der Waals surface area contributed by atoms with Crippen molar-refractivity contribution in [2.75, 3.05) is 19.8 Å². The van der Waals surface area contributed by atoms with E-state index in [1.54, 1.807) is 0 Å². The summed E-state index contributed by atoms with van der Waals surface area (Å²) in [6, 6.07) is 6.44. The van der Waals surface area contributed by atoms with Crippen LogP contribution in [0.5, 0.6) is 0 Å². The maximum atomic E-state index is 6.33. The van der Waals surface area contributed by atoms with Crippen molar-refractivity contribution in [1.29, 1.82) is 0 Å². The zero-order chi connectivity index (χ0) is 17.8. The van der Waals surface area contributed by atoms with E-state index in [1.165, 1.54) is 7.14 Å². The maximum absolute atomic E-state index is 6.33. The molecule has 3 nitrogen and oxygen atoms in total. The van der Waals surface area contributed by atoms with Gasteiger partial charge in [-0.2, -0.15) is 0 Å². The van der Waals surface area contributed by atoms with Gasteiger partial charge in [-0.15, -0.1) is 0 Å². The molecule has 0 unspecified atom stereocenters. The first-order valence-electron chi connectivity index (χ1n) is 8.97. The molecular weight excluding hydrogens is 546 g/mol. The minimum atomic E-state index is -2.85. The lowest BCUT2D eigenvalue weighted by atomic mass is 10.4. The Morgan fingerprint density at radius 2 is 1.21 bits per heavy atom. The number of halogens is 2.